The van der Waals surface area contributed by atoms with E-state index in [-0.39, 0.29) is 0 Å². The van der Waals surface area contributed by atoms with Crippen molar-refractivity contribution < 1.29 is 0 Å². The Morgan fingerprint density at radius 3 is 1.39 bits per heavy atom. The molecule has 5 aromatic heterocycles. The quantitative estimate of drug-likeness (QED) is 0.170. The first-order chi connectivity index (χ1) is 27.7. The van der Waals surface area contributed by atoms with Crippen molar-refractivity contribution in [2.24, 2.45) is 0 Å². The Labute approximate surface area is 331 Å². The molecule has 11 rings (SSSR count). The molecule has 0 spiro atoms. The topological polar surface area (TPSA) is 51.6 Å². The maximum atomic E-state index is 5.33. The van der Waals surface area contributed by atoms with Gasteiger partial charge in [-0.25, -0.2) is 9.97 Å². The van der Waals surface area contributed by atoms with Crippen LogP contribution in [-0.2, 0) is 0 Å². The van der Waals surface area contributed by atoms with E-state index in [1.54, 1.807) is 12.4 Å². The number of hydrogen-bond acceptors (Lipinski definition) is 6. The SMILES string of the molecule is c1cncc(-c2cccc(-c3cc(-c4cccnc4)nc(-c4cc(-c5ccc6sc7ccccc7c6c5)cc(-c5ccc6sc7ccccc7c6c5)c4)n3)c2)c1. The van der Waals surface area contributed by atoms with Gasteiger partial charge in [-0.3, -0.25) is 9.97 Å². The molecule has 0 radical (unpaired) electrons. The first kappa shape index (κ1) is 32.6. The fourth-order valence-electron chi connectivity index (χ4n) is 7.68. The van der Waals surface area contributed by atoms with Crippen LogP contribution < -0.4 is 0 Å². The molecule has 0 saturated heterocycles. The molecule has 11 aromatic rings. The molecule has 0 N–H and O–H groups in total. The lowest BCUT2D eigenvalue weighted by Gasteiger charge is -2.14. The van der Waals surface area contributed by atoms with Gasteiger partial charge >= 0.3 is 0 Å². The molecule has 5 heterocycles. The molecule has 0 saturated carbocycles. The molecule has 0 fully saturated rings. The van der Waals surface area contributed by atoms with Crippen molar-refractivity contribution in [1.82, 2.24) is 19.9 Å². The van der Waals surface area contributed by atoms with Crippen LogP contribution in [0.2, 0.25) is 0 Å². The highest BCUT2D eigenvalue weighted by Crippen LogP contribution is 2.41. The molecule has 56 heavy (non-hydrogen) atoms. The summed E-state index contributed by atoms with van der Waals surface area (Å²) >= 11 is 3.68. The smallest absolute Gasteiger partial charge is 0.160 e. The molecule has 6 aromatic carbocycles. The van der Waals surface area contributed by atoms with Gasteiger partial charge in [-0.2, -0.15) is 0 Å². The van der Waals surface area contributed by atoms with E-state index < -0.39 is 0 Å². The van der Waals surface area contributed by atoms with E-state index in [1.165, 1.54) is 40.3 Å². The standard InChI is InChI=1S/C50H30N4S2/c1-3-14-46-40(12-1)42-26-32(16-18-48(42)55-46)37-23-38(33-17-19-49-43(27-33)41-13-2-4-15-47(41)56-49)25-39(24-37)50-53-44(28-45(54-50)36-11-7-21-52-30-36)34-9-5-8-31(22-34)35-10-6-20-51-29-35/h1-30H. The highest BCUT2D eigenvalue weighted by molar-refractivity contribution is 7.26. The minimum Gasteiger partial charge on any atom is -0.264 e. The Morgan fingerprint density at radius 1 is 0.304 bits per heavy atom. The van der Waals surface area contributed by atoms with E-state index in [0.717, 1.165) is 61.5 Å². The van der Waals surface area contributed by atoms with Gasteiger partial charge in [-0.15, -0.1) is 22.7 Å². The average Bonchev–Trinajstić information content (AvgIpc) is 3.84. The summed E-state index contributed by atoms with van der Waals surface area (Å²) in [5.74, 6) is 0.653. The van der Waals surface area contributed by atoms with Gasteiger partial charge in [0.25, 0.3) is 0 Å². The zero-order valence-electron chi connectivity index (χ0n) is 29.9. The lowest BCUT2D eigenvalue weighted by molar-refractivity contribution is 1.18. The molecule has 0 aliphatic rings. The Kier molecular flexibility index (Phi) is 7.83. The predicted octanol–water partition coefficient (Wildman–Crippen LogP) is 14.0. The first-order valence-corrected chi connectivity index (χ1v) is 20.1. The summed E-state index contributed by atoms with van der Waals surface area (Å²) in [5.41, 5.74) is 11.2. The first-order valence-electron chi connectivity index (χ1n) is 18.5. The van der Waals surface area contributed by atoms with Crippen LogP contribution in [0.15, 0.2) is 183 Å². The number of rotatable bonds is 6. The number of hydrogen-bond donors (Lipinski definition) is 0. The van der Waals surface area contributed by atoms with Crippen molar-refractivity contribution in [3.63, 3.8) is 0 Å². The second-order valence-corrected chi connectivity index (χ2v) is 16.1. The van der Waals surface area contributed by atoms with Gasteiger partial charge in [0.05, 0.1) is 11.4 Å². The number of thiophene rings is 2. The van der Waals surface area contributed by atoms with Crippen LogP contribution in [-0.4, -0.2) is 19.9 Å². The number of benzene rings is 6. The van der Waals surface area contributed by atoms with Crippen LogP contribution in [0.1, 0.15) is 0 Å². The summed E-state index contributed by atoms with van der Waals surface area (Å²) < 4.78 is 5.16. The summed E-state index contributed by atoms with van der Waals surface area (Å²) in [5, 5.41) is 5.11. The molecule has 0 aliphatic carbocycles. The Bertz CT molecular complexity index is 3130. The fourth-order valence-corrected chi connectivity index (χ4v) is 9.85. The van der Waals surface area contributed by atoms with Gasteiger partial charge in [-0.05, 0) is 113 Å². The van der Waals surface area contributed by atoms with Crippen molar-refractivity contribution in [2.75, 3.05) is 0 Å². The Balaban J connectivity index is 1.13. The number of nitrogens with zero attached hydrogens (tertiary/aromatic N) is 4. The van der Waals surface area contributed by atoms with Gasteiger partial charge < -0.3 is 0 Å². The van der Waals surface area contributed by atoms with E-state index in [0.29, 0.717) is 5.82 Å². The summed E-state index contributed by atoms with van der Waals surface area (Å²) in [7, 11) is 0. The zero-order chi connectivity index (χ0) is 37.0. The summed E-state index contributed by atoms with van der Waals surface area (Å²) in [6.45, 7) is 0. The summed E-state index contributed by atoms with van der Waals surface area (Å²) in [6, 6.07) is 56.5. The second-order valence-electron chi connectivity index (χ2n) is 13.9. The van der Waals surface area contributed by atoms with Crippen LogP contribution >= 0.6 is 22.7 Å². The Hall–Kier alpha value is -6.86. The van der Waals surface area contributed by atoms with Crippen molar-refractivity contribution in [2.45, 2.75) is 0 Å². The lowest BCUT2D eigenvalue weighted by atomic mass is 9.94. The number of fused-ring (bicyclic) bond motifs is 6. The van der Waals surface area contributed by atoms with E-state index in [2.05, 4.69) is 156 Å². The third-order valence-electron chi connectivity index (χ3n) is 10.4. The van der Waals surface area contributed by atoms with Crippen LogP contribution in [0.5, 0.6) is 0 Å². The van der Waals surface area contributed by atoms with Gasteiger partial charge in [0.2, 0.25) is 0 Å². The van der Waals surface area contributed by atoms with Gasteiger partial charge in [-0.1, -0.05) is 72.8 Å². The van der Waals surface area contributed by atoms with Crippen molar-refractivity contribution >= 4 is 63.0 Å². The lowest BCUT2D eigenvalue weighted by Crippen LogP contribution is -1.97. The van der Waals surface area contributed by atoms with E-state index in [1.807, 2.05) is 47.2 Å². The van der Waals surface area contributed by atoms with Gasteiger partial charge in [0, 0.05) is 87.4 Å². The molecular formula is C50H30N4S2. The number of aromatic nitrogens is 4. The fraction of sp³-hybridized carbons (Fsp3) is 0. The largest absolute Gasteiger partial charge is 0.264 e. The molecule has 6 heteroatoms. The van der Waals surface area contributed by atoms with E-state index >= 15 is 0 Å². The van der Waals surface area contributed by atoms with Crippen LogP contribution in [0.4, 0.5) is 0 Å². The highest BCUT2D eigenvalue weighted by Gasteiger charge is 2.16. The normalized spacial score (nSPS) is 11.6. The maximum absolute atomic E-state index is 5.33. The monoisotopic (exact) mass is 750 g/mol. The summed E-state index contributed by atoms with van der Waals surface area (Å²) in [6.07, 6.45) is 7.35. The van der Waals surface area contributed by atoms with Crippen molar-refractivity contribution in [3.05, 3.63) is 183 Å². The summed E-state index contributed by atoms with van der Waals surface area (Å²) in [4.78, 5) is 19.4. The second kappa shape index (κ2) is 13.5. The molecular weight excluding hydrogens is 721 g/mol. The Morgan fingerprint density at radius 2 is 0.786 bits per heavy atom. The van der Waals surface area contributed by atoms with Gasteiger partial charge in [0.1, 0.15) is 0 Å². The third kappa shape index (κ3) is 5.84. The molecule has 0 unspecified atom stereocenters. The van der Waals surface area contributed by atoms with Crippen molar-refractivity contribution in [3.8, 4) is 67.3 Å². The molecule has 0 amide bonds. The third-order valence-corrected chi connectivity index (χ3v) is 12.8. The molecule has 0 aliphatic heterocycles. The zero-order valence-corrected chi connectivity index (χ0v) is 31.6. The van der Waals surface area contributed by atoms with Crippen LogP contribution in [0.25, 0.3) is 108 Å². The molecule has 0 bridgehead atoms. The van der Waals surface area contributed by atoms with Crippen molar-refractivity contribution in [1.29, 1.82) is 0 Å². The van der Waals surface area contributed by atoms with Gasteiger partial charge in [0.15, 0.2) is 5.82 Å². The number of pyridine rings is 2. The van der Waals surface area contributed by atoms with Crippen LogP contribution in [0, 0.1) is 0 Å². The molecule has 0 atom stereocenters. The minimum atomic E-state index is 0.653. The minimum absolute atomic E-state index is 0.653. The average molecular weight is 751 g/mol. The predicted molar refractivity (Wildman–Crippen MR) is 236 cm³/mol. The van der Waals surface area contributed by atoms with Crippen LogP contribution in [0.3, 0.4) is 0 Å². The van der Waals surface area contributed by atoms with E-state index in [9.17, 15) is 0 Å². The molecule has 4 nitrogen and oxygen atoms in total. The highest BCUT2D eigenvalue weighted by atomic mass is 32.1. The van der Waals surface area contributed by atoms with E-state index in [4.69, 9.17) is 9.97 Å². The molecule has 262 valence electrons. The maximum Gasteiger partial charge on any atom is 0.160 e.